The second-order valence-corrected chi connectivity index (χ2v) is 8.89. The summed E-state index contributed by atoms with van der Waals surface area (Å²) >= 11 is 0. The van der Waals surface area contributed by atoms with Gasteiger partial charge in [0.1, 0.15) is 11.4 Å². The summed E-state index contributed by atoms with van der Waals surface area (Å²) in [5.74, 6) is -1.28. The molecule has 0 aliphatic carbocycles. The molecule has 9 heteroatoms. The number of alkyl halides is 3. The van der Waals surface area contributed by atoms with E-state index in [0.29, 0.717) is 16.8 Å². The van der Waals surface area contributed by atoms with Crippen LogP contribution in [0, 0.1) is 5.41 Å². The second kappa shape index (κ2) is 9.24. The smallest absolute Gasteiger partial charge is 0.399 e. The lowest BCUT2D eigenvalue weighted by Gasteiger charge is -2.28. The summed E-state index contributed by atoms with van der Waals surface area (Å²) < 4.78 is 43.4. The lowest BCUT2D eigenvalue weighted by atomic mass is 9.92. The molecule has 2 amide bonds. The van der Waals surface area contributed by atoms with Crippen molar-refractivity contribution >= 4 is 17.5 Å². The van der Waals surface area contributed by atoms with E-state index >= 15 is 0 Å². The standard InChI is InChI=1S/C25H27F3N4O2/c1-24(2,23(30)34)15-31(3)22(33)21-19(17-9-11-18(29)12-10-17)13-20(25(26,27)28)32(21)14-16-7-5-4-6-8-16/h4-13H,14-15,29H2,1-3H3,(H2,30,34). The van der Waals surface area contributed by atoms with Crippen LogP contribution < -0.4 is 11.5 Å². The number of nitrogens with zero attached hydrogens (tertiary/aromatic N) is 2. The van der Waals surface area contributed by atoms with Gasteiger partial charge in [-0.25, -0.2) is 0 Å². The second-order valence-electron chi connectivity index (χ2n) is 8.89. The number of benzene rings is 2. The van der Waals surface area contributed by atoms with Crippen LogP contribution in [-0.2, 0) is 17.5 Å². The Hall–Kier alpha value is -3.75. The lowest BCUT2D eigenvalue weighted by Crippen LogP contribution is -2.44. The number of carbonyl (C=O) groups is 2. The number of rotatable bonds is 7. The normalized spacial score (nSPS) is 11.9. The maximum absolute atomic E-state index is 14.1. The molecule has 0 radical (unpaired) electrons. The molecule has 0 fully saturated rings. The van der Waals surface area contributed by atoms with Gasteiger partial charge in [0.25, 0.3) is 5.91 Å². The van der Waals surface area contributed by atoms with Crippen LogP contribution in [-0.4, -0.2) is 34.9 Å². The molecule has 0 bridgehead atoms. The fourth-order valence-corrected chi connectivity index (χ4v) is 3.75. The summed E-state index contributed by atoms with van der Waals surface area (Å²) in [4.78, 5) is 26.6. The Morgan fingerprint density at radius 3 is 2.12 bits per heavy atom. The molecule has 3 rings (SSSR count). The first kappa shape index (κ1) is 24.9. The van der Waals surface area contributed by atoms with E-state index in [1.165, 1.54) is 11.9 Å². The number of aromatic nitrogens is 1. The highest BCUT2D eigenvalue weighted by atomic mass is 19.4. The number of carbonyl (C=O) groups excluding carboxylic acids is 2. The Labute approximate surface area is 196 Å². The Kier molecular flexibility index (Phi) is 6.77. The van der Waals surface area contributed by atoms with Crippen LogP contribution in [0.5, 0.6) is 0 Å². The van der Waals surface area contributed by atoms with Gasteiger partial charge in [-0.05, 0) is 43.2 Å². The quantitative estimate of drug-likeness (QED) is 0.500. The SMILES string of the molecule is CN(CC(C)(C)C(N)=O)C(=O)c1c(-c2ccc(N)cc2)cc(C(F)(F)F)n1Cc1ccccc1. The first-order valence-corrected chi connectivity index (χ1v) is 10.6. The minimum absolute atomic E-state index is 0.0692. The molecule has 34 heavy (non-hydrogen) atoms. The molecule has 3 aromatic rings. The number of halogens is 3. The summed E-state index contributed by atoms with van der Waals surface area (Å²) in [5.41, 5.74) is 10.6. The van der Waals surface area contributed by atoms with Gasteiger partial charge in [0.2, 0.25) is 5.91 Å². The Morgan fingerprint density at radius 1 is 1.00 bits per heavy atom. The van der Waals surface area contributed by atoms with E-state index in [0.717, 1.165) is 10.6 Å². The minimum atomic E-state index is -4.71. The van der Waals surface area contributed by atoms with Crippen molar-refractivity contribution < 1.29 is 22.8 Å². The molecular formula is C25H27F3N4O2. The van der Waals surface area contributed by atoms with E-state index in [4.69, 9.17) is 11.5 Å². The Balaban J connectivity index is 2.22. The number of hydrogen-bond acceptors (Lipinski definition) is 3. The number of amides is 2. The molecular weight excluding hydrogens is 445 g/mol. The molecule has 0 aliphatic rings. The van der Waals surface area contributed by atoms with Crippen LogP contribution in [0.15, 0.2) is 60.7 Å². The zero-order valence-electron chi connectivity index (χ0n) is 19.2. The largest absolute Gasteiger partial charge is 0.431 e. The fourth-order valence-electron chi connectivity index (χ4n) is 3.75. The molecule has 180 valence electrons. The van der Waals surface area contributed by atoms with Crippen LogP contribution in [0.1, 0.15) is 35.6 Å². The average Bonchev–Trinajstić information content (AvgIpc) is 3.13. The van der Waals surface area contributed by atoms with Crippen molar-refractivity contribution in [1.82, 2.24) is 9.47 Å². The molecule has 0 unspecified atom stereocenters. The van der Waals surface area contributed by atoms with Gasteiger partial charge in [-0.3, -0.25) is 9.59 Å². The van der Waals surface area contributed by atoms with Crippen LogP contribution >= 0.6 is 0 Å². The monoisotopic (exact) mass is 472 g/mol. The number of nitrogen functional groups attached to an aromatic ring is 1. The van der Waals surface area contributed by atoms with Gasteiger partial charge in [0.05, 0.1) is 5.41 Å². The van der Waals surface area contributed by atoms with E-state index < -0.39 is 29.1 Å². The average molecular weight is 473 g/mol. The Bertz CT molecular complexity index is 1180. The Morgan fingerprint density at radius 2 is 1.59 bits per heavy atom. The molecule has 0 atom stereocenters. The van der Waals surface area contributed by atoms with Gasteiger partial charge in [0, 0.05) is 31.4 Å². The van der Waals surface area contributed by atoms with Crippen LogP contribution in [0.4, 0.5) is 18.9 Å². The number of hydrogen-bond donors (Lipinski definition) is 2. The molecule has 4 N–H and O–H groups in total. The van der Waals surface area contributed by atoms with Crippen molar-refractivity contribution in [3.8, 4) is 11.1 Å². The first-order valence-electron chi connectivity index (χ1n) is 10.6. The zero-order valence-corrected chi connectivity index (χ0v) is 19.2. The highest BCUT2D eigenvalue weighted by Gasteiger charge is 2.39. The fraction of sp³-hybridized carbons (Fsp3) is 0.280. The van der Waals surface area contributed by atoms with E-state index in [2.05, 4.69) is 0 Å². The summed E-state index contributed by atoms with van der Waals surface area (Å²) in [6.45, 7) is 2.91. The van der Waals surface area contributed by atoms with Gasteiger partial charge in [-0.1, -0.05) is 42.5 Å². The zero-order chi connectivity index (χ0) is 25.3. The summed E-state index contributed by atoms with van der Waals surface area (Å²) in [5, 5.41) is 0. The van der Waals surface area contributed by atoms with Crippen molar-refractivity contribution in [2.24, 2.45) is 11.1 Å². The predicted molar refractivity (Wildman–Crippen MR) is 125 cm³/mol. The van der Waals surface area contributed by atoms with Gasteiger partial charge in [-0.2, -0.15) is 13.2 Å². The third kappa shape index (κ3) is 5.24. The number of anilines is 1. The van der Waals surface area contributed by atoms with Crippen molar-refractivity contribution in [3.63, 3.8) is 0 Å². The van der Waals surface area contributed by atoms with Crippen LogP contribution in [0.25, 0.3) is 11.1 Å². The van der Waals surface area contributed by atoms with E-state index in [1.807, 2.05) is 0 Å². The number of primary amides is 1. The van der Waals surface area contributed by atoms with E-state index in [-0.39, 0.29) is 24.3 Å². The van der Waals surface area contributed by atoms with Crippen molar-refractivity contribution in [2.45, 2.75) is 26.6 Å². The van der Waals surface area contributed by atoms with E-state index in [9.17, 15) is 22.8 Å². The highest BCUT2D eigenvalue weighted by Crippen LogP contribution is 2.38. The molecule has 0 aliphatic heterocycles. The molecule has 2 aromatic carbocycles. The highest BCUT2D eigenvalue weighted by molar-refractivity contribution is 6.00. The summed E-state index contributed by atoms with van der Waals surface area (Å²) in [6.07, 6.45) is -4.71. The third-order valence-corrected chi connectivity index (χ3v) is 5.64. The molecule has 0 spiro atoms. The minimum Gasteiger partial charge on any atom is -0.399 e. The van der Waals surface area contributed by atoms with Gasteiger partial charge >= 0.3 is 6.18 Å². The maximum atomic E-state index is 14.1. The molecule has 0 saturated carbocycles. The van der Waals surface area contributed by atoms with Crippen LogP contribution in [0.2, 0.25) is 0 Å². The van der Waals surface area contributed by atoms with Gasteiger partial charge < -0.3 is 20.9 Å². The van der Waals surface area contributed by atoms with Crippen molar-refractivity contribution in [1.29, 1.82) is 0 Å². The summed E-state index contributed by atoms with van der Waals surface area (Å²) in [7, 11) is 1.44. The van der Waals surface area contributed by atoms with E-state index in [1.54, 1.807) is 68.4 Å². The topological polar surface area (TPSA) is 94.3 Å². The molecule has 0 saturated heterocycles. The molecule has 1 heterocycles. The van der Waals surface area contributed by atoms with Crippen LogP contribution in [0.3, 0.4) is 0 Å². The number of nitrogens with two attached hydrogens (primary N) is 2. The first-order chi connectivity index (χ1) is 15.8. The predicted octanol–water partition coefficient (Wildman–Crippen LogP) is 4.39. The molecule has 6 nitrogen and oxygen atoms in total. The van der Waals surface area contributed by atoms with Gasteiger partial charge in [0.15, 0.2) is 0 Å². The summed E-state index contributed by atoms with van der Waals surface area (Å²) in [6, 6.07) is 15.8. The van der Waals surface area contributed by atoms with Gasteiger partial charge in [-0.15, -0.1) is 0 Å². The third-order valence-electron chi connectivity index (χ3n) is 5.64. The van der Waals surface area contributed by atoms with Crippen molar-refractivity contribution in [3.05, 3.63) is 77.6 Å². The van der Waals surface area contributed by atoms with Crippen molar-refractivity contribution in [2.75, 3.05) is 19.3 Å². The lowest BCUT2D eigenvalue weighted by molar-refractivity contribution is -0.143. The maximum Gasteiger partial charge on any atom is 0.431 e. The molecule has 1 aromatic heterocycles.